The van der Waals surface area contributed by atoms with Crippen molar-refractivity contribution in [1.82, 2.24) is 9.55 Å². The molecule has 23 heavy (non-hydrogen) atoms. The molecular weight excluding hydrogens is 423 g/mol. The van der Waals surface area contributed by atoms with E-state index in [-0.39, 0.29) is 12.2 Å². The molecule has 4 atom stereocenters. The minimum absolute atomic E-state index is 0.0169. The van der Waals surface area contributed by atoms with Crippen LogP contribution in [0.15, 0.2) is 21.9 Å². The number of halogens is 1. The average Bonchev–Trinajstić information content (AvgIpc) is 2.81. The standard InChI is InChI=1S/C13H15IN2O7/c1-22-8(18)3-2-6-4-16(13(21)15-11(6)20)12-10(19)9(14)7(5-17)23-12/h2-4,7,9-10,12,17,19H,5H2,1H3,(H,15,20,21)/t7-,9-,10-,12-/m1/s1. The maximum Gasteiger partial charge on any atom is 0.330 e. The van der Waals surface area contributed by atoms with Crippen molar-refractivity contribution in [2.75, 3.05) is 13.7 Å². The highest BCUT2D eigenvalue weighted by molar-refractivity contribution is 14.1. The van der Waals surface area contributed by atoms with Crippen molar-refractivity contribution in [3.05, 3.63) is 38.7 Å². The van der Waals surface area contributed by atoms with E-state index >= 15 is 0 Å². The zero-order valence-electron chi connectivity index (χ0n) is 12.0. The van der Waals surface area contributed by atoms with Crippen LogP contribution in [0.4, 0.5) is 0 Å². The molecule has 0 unspecified atom stereocenters. The highest BCUT2D eigenvalue weighted by Crippen LogP contribution is 2.33. The summed E-state index contributed by atoms with van der Waals surface area (Å²) in [5.74, 6) is -0.660. The first-order valence-electron chi connectivity index (χ1n) is 6.59. The van der Waals surface area contributed by atoms with Crippen LogP contribution in [0.25, 0.3) is 6.08 Å². The lowest BCUT2D eigenvalue weighted by Crippen LogP contribution is -2.37. The third-order valence-corrected chi connectivity index (χ3v) is 4.88. The number of carbonyl (C=O) groups excluding carboxylic acids is 1. The summed E-state index contributed by atoms with van der Waals surface area (Å²) in [7, 11) is 1.19. The monoisotopic (exact) mass is 438 g/mol. The van der Waals surface area contributed by atoms with Crippen molar-refractivity contribution in [1.29, 1.82) is 0 Å². The molecule has 0 amide bonds. The number of carbonyl (C=O) groups is 1. The van der Waals surface area contributed by atoms with Crippen LogP contribution < -0.4 is 11.2 Å². The van der Waals surface area contributed by atoms with Gasteiger partial charge >= 0.3 is 11.7 Å². The minimum Gasteiger partial charge on any atom is -0.466 e. The summed E-state index contributed by atoms with van der Waals surface area (Å²) in [5, 5.41) is 19.4. The van der Waals surface area contributed by atoms with Crippen LogP contribution in [0.3, 0.4) is 0 Å². The van der Waals surface area contributed by atoms with Crippen LogP contribution in [-0.4, -0.2) is 55.6 Å². The Morgan fingerprint density at radius 1 is 1.57 bits per heavy atom. The molecule has 9 nitrogen and oxygen atoms in total. The van der Waals surface area contributed by atoms with Crippen LogP contribution in [0.1, 0.15) is 11.8 Å². The lowest BCUT2D eigenvalue weighted by molar-refractivity contribution is -0.134. The molecule has 0 bridgehead atoms. The normalized spacial score (nSPS) is 27.5. The number of H-pyrrole nitrogens is 1. The second-order valence-corrected chi connectivity index (χ2v) is 6.23. The van der Waals surface area contributed by atoms with Gasteiger partial charge in [-0.05, 0) is 6.08 Å². The number of esters is 1. The second-order valence-electron chi connectivity index (χ2n) is 4.79. The van der Waals surface area contributed by atoms with Crippen LogP contribution in [0.2, 0.25) is 0 Å². The van der Waals surface area contributed by atoms with E-state index in [1.54, 1.807) is 0 Å². The van der Waals surface area contributed by atoms with E-state index in [9.17, 15) is 24.6 Å². The maximum atomic E-state index is 12.0. The number of methoxy groups -OCH3 is 1. The van der Waals surface area contributed by atoms with Crippen molar-refractivity contribution in [3.63, 3.8) is 0 Å². The summed E-state index contributed by atoms with van der Waals surface area (Å²) in [4.78, 5) is 36.9. The number of alkyl halides is 1. The highest BCUT2D eigenvalue weighted by Gasteiger charge is 2.43. The summed E-state index contributed by atoms with van der Waals surface area (Å²) >= 11 is 1.92. The molecule has 1 saturated heterocycles. The molecule has 126 valence electrons. The number of aliphatic hydroxyl groups is 2. The van der Waals surface area contributed by atoms with E-state index < -0.39 is 39.6 Å². The largest absolute Gasteiger partial charge is 0.466 e. The Balaban J connectivity index is 2.40. The predicted molar refractivity (Wildman–Crippen MR) is 87.2 cm³/mol. The zero-order valence-corrected chi connectivity index (χ0v) is 14.2. The van der Waals surface area contributed by atoms with Crippen molar-refractivity contribution in [2.45, 2.75) is 22.4 Å². The smallest absolute Gasteiger partial charge is 0.330 e. The van der Waals surface area contributed by atoms with E-state index in [0.717, 1.165) is 10.6 Å². The van der Waals surface area contributed by atoms with Crippen LogP contribution in [0.5, 0.6) is 0 Å². The van der Waals surface area contributed by atoms with Gasteiger partial charge in [-0.15, -0.1) is 0 Å². The Hall–Kier alpha value is -1.50. The van der Waals surface area contributed by atoms with E-state index in [2.05, 4.69) is 9.72 Å². The van der Waals surface area contributed by atoms with Crippen molar-refractivity contribution in [3.8, 4) is 0 Å². The average molecular weight is 438 g/mol. The maximum absolute atomic E-state index is 12.0. The molecule has 0 aromatic carbocycles. The molecule has 3 N–H and O–H groups in total. The molecule has 10 heteroatoms. The summed E-state index contributed by atoms with van der Waals surface area (Å²) < 4.78 is 10.5. The summed E-state index contributed by atoms with van der Waals surface area (Å²) in [6.45, 7) is -0.311. The molecule has 0 aliphatic carbocycles. The van der Waals surface area contributed by atoms with Crippen molar-refractivity contribution < 1.29 is 24.5 Å². The number of aromatic amines is 1. The molecule has 0 saturated carbocycles. The van der Waals surface area contributed by atoms with Gasteiger partial charge in [0.25, 0.3) is 5.56 Å². The van der Waals surface area contributed by atoms with Gasteiger partial charge in [-0.1, -0.05) is 22.6 Å². The first-order chi connectivity index (χ1) is 10.9. The fraction of sp³-hybridized carbons (Fsp3) is 0.462. The number of aromatic nitrogens is 2. The van der Waals surface area contributed by atoms with Gasteiger partial charge < -0.3 is 19.7 Å². The number of ether oxygens (including phenoxy) is 2. The van der Waals surface area contributed by atoms with E-state index in [1.165, 1.54) is 19.4 Å². The summed E-state index contributed by atoms with van der Waals surface area (Å²) in [6, 6.07) is 0. The number of nitrogens with one attached hydrogen (secondary N) is 1. The van der Waals surface area contributed by atoms with Crippen LogP contribution >= 0.6 is 22.6 Å². The first kappa shape index (κ1) is 17.8. The fourth-order valence-corrected chi connectivity index (χ4v) is 2.87. The van der Waals surface area contributed by atoms with Gasteiger partial charge in [0.1, 0.15) is 6.10 Å². The number of rotatable bonds is 4. The molecule has 1 aliphatic rings. The quantitative estimate of drug-likeness (QED) is 0.233. The van der Waals surface area contributed by atoms with Crippen LogP contribution in [-0.2, 0) is 14.3 Å². The second kappa shape index (κ2) is 7.38. The third kappa shape index (κ3) is 3.71. The molecule has 0 radical (unpaired) electrons. The summed E-state index contributed by atoms with van der Waals surface area (Å²) in [6.07, 6.45) is 0.661. The number of hydrogen-bond acceptors (Lipinski definition) is 7. The topological polar surface area (TPSA) is 131 Å². The fourth-order valence-electron chi connectivity index (χ4n) is 2.12. The number of hydrogen-bond donors (Lipinski definition) is 3. The third-order valence-electron chi connectivity index (χ3n) is 3.34. The highest BCUT2D eigenvalue weighted by atomic mass is 127. The molecule has 0 spiro atoms. The van der Waals surface area contributed by atoms with Gasteiger partial charge in [0.05, 0.1) is 29.3 Å². The molecule has 2 rings (SSSR count). The Bertz CT molecular complexity index is 726. The van der Waals surface area contributed by atoms with E-state index in [1.807, 2.05) is 22.6 Å². The minimum atomic E-state index is -1.05. The molecule has 1 aliphatic heterocycles. The molecular formula is C13H15IN2O7. The van der Waals surface area contributed by atoms with Gasteiger partial charge in [-0.25, -0.2) is 9.59 Å². The Morgan fingerprint density at radius 2 is 2.26 bits per heavy atom. The molecule has 1 aromatic rings. The lowest BCUT2D eigenvalue weighted by atomic mass is 10.2. The molecule has 1 aromatic heterocycles. The van der Waals surface area contributed by atoms with Crippen molar-refractivity contribution >= 4 is 34.6 Å². The van der Waals surface area contributed by atoms with E-state index in [4.69, 9.17) is 4.74 Å². The predicted octanol–water partition coefficient (Wildman–Crippen LogP) is -1.22. The molecule has 2 heterocycles. The van der Waals surface area contributed by atoms with E-state index in [0.29, 0.717) is 0 Å². The van der Waals surface area contributed by atoms with Gasteiger partial charge in [-0.3, -0.25) is 14.3 Å². The SMILES string of the molecule is COC(=O)C=Cc1cn([C@@H]2O[C@H](CO)[C@@H](I)[C@H]2O)c(=O)[nH]c1=O. The van der Waals surface area contributed by atoms with Crippen LogP contribution in [0, 0.1) is 0 Å². The first-order valence-corrected chi connectivity index (χ1v) is 7.83. The van der Waals surface area contributed by atoms with Crippen molar-refractivity contribution in [2.24, 2.45) is 0 Å². The van der Waals surface area contributed by atoms with Gasteiger partial charge in [0, 0.05) is 12.3 Å². The van der Waals surface area contributed by atoms with Gasteiger partial charge in [0.15, 0.2) is 6.23 Å². The summed E-state index contributed by atoms with van der Waals surface area (Å²) in [5.41, 5.74) is -1.44. The Kier molecular flexibility index (Phi) is 5.73. The number of nitrogens with zero attached hydrogens (tertiary/aromatic N) is 1. The lowest BCUT2D eigenvalue weighted by Gasteiger charge is -2.17. The Morgan fingerprint density at radius 3 is 2.83 bits per heavy atom. The zero-order chi connectivity index (χ0) is 17.1. The Labute approximate surface area is 143 Å². The van der Waals surface area contributed by atoms with Gasteiger partial charge in [0.2, 0.25) is 0 Å². The van der Waals surface area contributed by atoms with Gasteiger partial charge in [-0.2, -0.15) is 0 Å². The number of aliphatic hydroxyl groups excluding tert-OH is 2. The molecule has 1 fully saturated rings.